The van der Waals surface area contributed by atoms with E-state index in [1.165, 1.54) is 6.34 Å². The number of nitriles is 1. The number of hydrazine groups is 1. The molecule has 2 unspecified atom stereocenters. The Kier molecular flexibility index (Phi) is 12.9. The van der Waals surface area contributed by atoms with Gasteiger partial charge in [-0.15, -0.1) is 0 Å². The van der Waals surface area contributed by atoms with Crippen molar-refractivity contribution in [2.45, 2.75) is 56.7 Å². The van der Waals surface area contributed by atoms with Crippen molar-refractivity contribution in [1.29, 1.82) is 5.26 Å². The lowest BCUT2D eigenvalue weighted by Crippen LogP contribution is -2.44. The molecule has 0 saturated carbocycles. The minimum atomic E-state index is -3.64. The summed E-state index contributed by atoms with van der Waals surface area (Å²) < 4.78 is 49.4. The van der Waals surface area contributed by atoms with Gasteiger partial charge < -0.3 is 18.8 Å². The first-order valence-electron chi connectivity index (χ1n) is 16.1. The SMILES string of the molecule is COc1ccc(C(OCC(CN2C=NC(=C=O)N2)[P@](=O)(C(C)C)N(CCC#N)[P+](=O)C(C)C)(c2ccccc2)c2ccc(OC)cc2)cc1. The Morgan fingerprint density at radius 1 is 0.939 bits per heavy atom. The van der Waals surface area contributed by atoms with E-state index >= 15 is 4.57 Å². The molecule has 1 heterocycles. The summed E-state index contributed by atoms with van der Waals surface area (Å²) in [5, 5.41) is 11.1. The van der Waals surface area contributed by atoms with Crippen LogP contribution in [0.1, 0.15) is 50.8 Å². The number of rotatable bonds is 17. The van der Waals surface area contributed by atoms with E-state index in [9.17, 15) is 14.6 Å². The molecule has 1 aliphatic rings. The highest BCUT2D eigenvalue weighted by molar-refractivity contribution is 7.71. The van der Waals surface area contributed by atoms with E-state index in [4.69, 9.17) is 14.2 Å². The maximum atomic E-state index is 15.7. The summed E-state index contributed by atoms with van der Waals surface area (Å²) in [6.07, 6.45) is 1.49. The predicted molar refractivity (Wildman–Crippen MR) is 192 cm³/mol. The number of aliphatic imine (C=N–C) groups is 1. The van der Waals surface area contributed by atoms with E-state index in [2.05, 4.69) is 16.5 Å². The average molecular weight is 705 g/mol. The number of ether oxygens (including phenoxy) is 3. The smallest absolute Gasteiger partial charge is 0.444 e. The first-order valence-corrected chi connectivity index (χ1v) is 19.1. The van der Waals surface area contributed by atoms with Crippen LogP contribution < -0.4 is 14.9 Å². The summed E-state index contributed by atoms with van der Waals surface area (Å²) in [5.41, 5.74) is 2.54. The van der Waals surface area contributed by atoms with Gasteiger partial charge >= 0.3 is 7.95 Å². The molecule has 0 amide bonds. The fourth-order valence-corrected chi connectivity index (χ4v) is 12.4. The second-order valence-electron chi connectivity index (χ2n) is 12.1. The number of methoxy groups -OCH3 is 2. The third-order valence-electron chi connectivity index (χ3n) is 8.46. The quantitative estimate of drug-likeness (QED) is 0.0894. The topological polar surface area (TPSA) is 134 Å². The van der Waals surface area contributed by atoms with Crippen molar-refractivity contribution in [3.8, 4) is 17.6 Å². The molecule has 0 fully saturated rings. The van der Waals surface area contributed by atoms with Gasteiger partial charge in [-0.3, -0.25) is 10.4 Å². The van der Waals surface area contributed by atoms with Gasteiger partial charge in [-0.2, -0.15) is 5.26 Å². The first kappa shape index (κ1) is 37.5. The van der Waals surface area contributed by atoms with Gasteiger partial charge in [-0.05, 0) is 63.8 Å². The Labute approximate surface area is 289 Å². The second kappa shape index (κ2) is 16.9. The summed E-state index contributed by atoms with van der Waals surface area (Å²) >= 11 is 0. The molecule has 0 aromatic heterocycles. The molecular formula is C36H44N5O6P2+. The summed E-state index contributed by atoms with van der Waals surface area (Å²) in [6, 6.07) is 27.1. The Bertz CT molecular complexity index is 1690. The van der Waals surface area contributed by atoms with Gasteiger partial charge in [0.25, 0.3) is 0 Å². The molecule has 0 saturated heterocycles. The van der Waals surface area contributed by atoms with Crippen LogP contribution >= 0.6 is 15.2 Å². The molecule has 11 nitrogen and oxygen atoms in total. The molecule has 0 spiro atoms. The minimum absolute atomic E-state index is 0.0104. The third kappa shape index (κ3) is 8.13. The van der Waals surface area contributed by atoms with Gasteiger partial charge in [-0.25, -0.2) is 9.79 Å². The average Bonchev–Trinajstić information content (AvgIpc) is 3.59. The lowest BCUT2D eigenvalue weighted by molar-refractivity contribution is 0.00994. The third-order valence-corrected chi connectivity index (χ3v) is 15.1. The van der Waals surface area contributed by atoms with Gasteiger partial charge in [-0.1, -0.05) is 68.4 Å². The van der Waals surface area contributed by atoms with Crippen LogP contribution in [0, 0.1) is 11.3 Å². The molecule has 258 valence electrons. The van der Waals surface area contributed by atoms with Gasteiger partial charge in [0.1, 0.15) is 23.4 Å². The summed E-state index contributed by atoms with van der Waals surface area (Å²) in [5.74, 6) is 3.09. The van der Waals surface area contributed by atoms with Crippen LogP contribution in [0.15, 0.2) is 89.7 Å². The Morgan fingerprint density at radius 3 is 1.94 bits per heavy atom. The van der Waals surface area contributed by atoms with Gasteiger partial charge in [0.2, 0.25) is 13.1 Å². The molecule has 1 N–H and O–H groups in total. The molecule has 4 rings (SSSR count). The fraction of sp³-hybridized carbons (Fsp3) is 0.389. The molecule has 0 aliphatic carbocycles. The van der Waals surface area contributed by atoms with Crippen molar-refractivity contribution >= 4 is 27.5 Å². The highest BCUT2D eigenvalue weighted by Crippen LogP contribution is 2.65. The van der Waals surface area contributed by atoms with Gasteiger partial charge in [0.15, 0.2) is 11.6 Å². The van der Waals surface area contributed by atoms with E-state index < -0.39 is 32.2 Å². The van der Waals surface area contributed by atoms with Crippen LogP contribution in [0.2, 0.25) is 0 Å². The molecule has 49 heavy (non-hydrogen) atoms. The van der Waals surface area contributed by atoms with Crippen molar-refractivity contribution in [1.82, 2.24) is 14.9 Å². The van der Waals surface area contributed by atoms with Crippen molar-refractivity contribution < 1.29 is 28.1 Å². The van der Waals surface area contributed by atoms with Crippen LogP contribution in [-0.2, 0) is 24.3 Å². The van der Waals surface area contributed by atoms with Gasteiger partial charge in [0.05, 0.1) is 52.1 Å². The molecule has 3 aromatic carbocycles. The van der Waals surface area contributed by atoms with Crippen molar-refractivity contribution in [2.24, 2.45) is 4.99 Å². The summed E-state index contributed by atoms with van der Waals surface area (Å²) in [7, 11) is -2.56. The molecule has 1 aliphatic heterocycles. The molecule has 3 atom stereocenters. The standard InChI is InChI=1S/C36H44N5O6P2/c1-27(2)48(43)41(22-10-21-37)49(44,28(3)4)34(23-40-26-38-35(24-42)39-40)25-47-36(29-11-8-7-9-12-29,30-13-17-32(45-5)18-14-30)31-15-19-33(46-6)20-16-31/h7-9,11-20,26-28,34,39H,10,22-23,25H2,1-6H3/q+1/t34?,49-/m1/s1. The predicted octanol–water partition coefficient (Wildman–Crippen LogP) is 6.96. The fourth-order valence-electron chi connectivity index (χ4n) is 5.95. The second-order valence-corrected chi connectivity index (χ2v) is 18.1. The largest absolute Gasteiger partial charge is 0.497 e. The zero-order valence-electron chi connectivity index (χ0n) is 28.8. The normalized spacial score (nSPS) is 15.1. The van der Waals surface area contributed by atoms with Crippen LogP contribution in [0.25, 0.3) is 0 Å². The highest BCUT2D eigenvalue weighted by Gasteiger charge is 2.53. The maximum Gasteiger partial charge on any atom is 0.444 e. The zero-order valence-corrected chi connectivity index (χ0v) is 30.6. The van der Waals surface area contributed by atoms with Crippen LogP contribution in [0.3, 0.4) is 0 Å². The van der Waals surface area contributed by atoms with E-state index in [1.54, 1.807) is 29.6 Å². The van der Waals surface area contributed by atoms with Crippen LogP contribution in [0.4, 0.5) is 0 Å². The zero-order chi connectivity index (χ0) is 35.6. The Balaban J connectivity index is 1.94. The Morgan fingerprint density at radius 2 is 1.49 bits per heavy atom. The monoisotopic (exact) mass is 704 g/mol. The Hall–Kier alpha value is -4.28. The van der Waals surface area contributed by atoms with E-state index in [0.717, 1.165) is 16.7 Å². The van der Waals surface area contributed by atoms with Crippen molar-refractivity contribution in [3.05, 3.63) is 101 Å². The van der Waals surface area contributed by atoms with Crippen LogP contribution in [-0.4, -0.2) is 72.6 Å². The van der Waals surface area contributed by atoms with E-state index in [0.29, 0.717) is 11.5 Å². The number of hydrogen-bond donors (Lipinski definition) is 1. The molecule has 13 heteroatoms. The van der Waals surface area contributed by atoms with Crippen LogP contribution in [0.5, 0.6) is 11.5 Å². The lowest BCUT2D eigenvalue weighted by Gasteiger charge is -2.40. The number of benzene rings is 3. The first-order chi connectivity index (χ1) is 23.5. The lowest BCUT2D eigenvalue weighted by atomic mass is 9.80. The molecule has 0 radical (unpaired) electrons. The molecule has 0 bridgehead atoms. The highest BCUT2D eigenvalue weighted by atomic mass is 31.2. The molecular weight excluding hydrogens is 660 g/mol. The number of carbonyl (C=O) groups excluding carboxylic acids is 1. The van der Waals surface area contributed by atoms with E-state index in [-0.39, 0.29) is 37.6 Å². The number of nitrogens with zero attached hydrogens (tertiary/aromatic N) is 4. The summed E-state index contributed by atoms with van der Waals surface area (Å²) in [6.45, 7) is 7.41. The van der Waals surface area contributed by atoms with Crippen molar-refractivity contribution in [2.75, 3.05) is 33.9 Å². The van der Waals surface area contributed by atoms with Crippen molar-refractivity contribution in [3.63, 3.8) is 0 Å². The van der Waals surface area contributed by atoms with E-state index in [1.807, 2.05) is 107 Å². The summed E-state index contributed by atoms with van der Waals surface area (Å²) in [4.78, 5) is 15.5. The maximum absolute atomic E-state index is 15.7. The molecule has 3 aromatic rings. The minimum Gasteiger partial charge on any atom is -0.497 e. The number of nitrogens with one attached hydrogen (secondary N) is 1. The van der Waals surface area contributed by atoms with Gasteiger partial charge in [0, 0.05) is 5.66 Å². The number of hydrogen-bond acceptors (Lipinski definition) is 10.